The van der Waals surface area contributed by atoms with Gasteiger partial charge >= 0.3 is 6.18 Å². The number of benzene rings is 1. The molecule has 0 aromatic heterocycles. The van der Waals surface area contributed by atoms with E-state index in [0.717, 1.165) is 12.1 Å². The summed E-state index contributed by atoms with van der Waals surface area (Å²) in [6.07, 6.45) is -4.17. The Kier molecular flexibility index (Phi) is 5.31. The number of hydrogen-bond donors (Lipinski definition) is 1. The minimum absolute atomic E-state index is 0.144. The minimum Gasteiger partial charge on any atom is -0.384 e. The van der Waals surface area contributed by atoms with Crippen molar-refractivity contribution in [2.75, 3.05) is 13.7 Å². The quantitative estimate of drug-likeness (QED) is 0.837. The van der Waals surface area contributed by atoms with Crippen LogP contribution in [-0.4, -0.2) is 13.7 Å². The number of halogens is 4. The molecule has 0 amide bonds. The third kappa shape index (κ3) is 4.47. The second-order valence-electron chi connectivity index (χ2n) is 4.64. The van der Waals surface area contributed by atoms with E-state index in [2.05, 4.69) is 0 Å². The van der Waals surface area contributed by atoms with Gasteiger partial charge in [-0.25, -0.2) is 4.39 Å². The molecule has 0 bridgehead atoms. The maximum Gasteiger partial charge on any atom is 0.419 e. The summed E-state index contributed by atoms with van der Waals surface area (Å²) in [7, 11) is 1.56. The molecule has 19 heavy (non-hydrogen) atoms. The fourth-order valence-electron chi connectivity index (χ4n) is 1.91. The van der Waals surface area contributed by atoms with Crippen LogP contribution < -0.4 is 5.73 Å². The Bertz CT molecular complexity index is 420. The van der Waals surface area contributed by atoms with Crippen molar-refractivity contribution in [3.8, 4) is 0 Å². The van der Waals surface area contributed by atoms with Crippen LogP contribution in [0.3, 0.4) is 0 Å². The van der Waals surface area contributed by atoms with Crippen LogP contribution in [0.2, 0.25) is 0 Å². The topological polar surface area (TPSA) is 35.2 Å². The zero-order valence-electron chi connectivity index (χ0n) is 10.8. The third-order valence-electron chi connectivity index (χ3n) is 2.83. The molecule has 0 fully saturated rings. The molecule has 1 aromatic carbocycles. The Hall–Kier alpha value is -1.14. The highest BCUT2D eigenvalue weighted by Crippen LogP contribution is 2.32. The van der Waals surface area contributed by atoms with Crippen LogP contribution in [0.25, 0.3) is 0 Å². The predicted molar refractivity (Wildman–Crippen MR) is 64.0 cm³/mol. The van der Waals surface area contributed by atoms with Gasteiger partial charge in [-0.1, -0.05) is 13.0 Å². The van der Waals surface area contributed by atoms with E-state index in [1.807, 2.05) is 6.92 Å². The van der Waals surface area contributed by atoms with Gasteiger partial charge in [-0.15, -0.1) is 0 Å². The second-order valence-corrected chi connectivity index (χ2v) is 4.64. The van der Waals surface area contributed by atoms with E-state index < -0.39 is 23.6 Å². The molecule has 0 saturated heterocycles. The normalized spacial score (nSPS) is 15.3. The predicted octanol–water partition coefficient (Wildman–Crippen LogP) is 3.52. The molecule has 0 saturated carbocycles. The van der Waals surface area contributed by atoms with E-state index in [1.54, 1.807) is 7.11 Å². The minimum atomic E-state index is -4.68. The lowest BCUT2D eigenvalue weighted by Gasteiger charge is -2.18. The molecule has 2 N–H and O–H groups in total. The number of methoxy groups -OCH3 is 1. The third-order valence-corrected chi connectivity index (χ3v) is 2.83. The molecule has 1 rings (SSSR count). The zero-order valence-corrected chi connectivity index (χ0v) is 10.8. The van der Waals surface area contributed by atoms with Gasteiger partial charge in [0.05, 0.1) is 5.56 Å². The van der Waals surface area contributed by atoms with Gasteiger partial charge in [-0.05, 0) is 30.0 Å². The largest absolute Gasteiger partial charge is 0.419 e. The van der Waals surface area contributed by atoms with Crippen LogP contribution in [0.15, 0.2) is 18.2 Å². The van der Waals surface area contributed by atoms with Gasteiger partial charge in [-0.3, -0.25) is 0 Å². The lowest BCUT2D eigenvalue weighted by atomic mass is 9.96. The Morgan fingerprint density at radius 1 is 1.32 bits per heavy atom. The second kappa shape index (κ2) is 6.34. The smallest absolute Gasteiger partial charge is 0.384 e. The van der Waals surface area contributed by atoms with Crippen molar-refractivity contribution in [2.45, 2.75) is 25.6 Å². The average Bonchev–Trinajstić information content (AvgIpc) is 2.27. The molecule has 0 aliphatic carbocycles. The summed E-state index contributed by atoms with van der Waals surface area (Å²) in [5.74, 6) is -1.15. The Morgan fingerprint density at radius 3 is 2.42 bits per heavy atom. The Balaban J connectivity index is 2.83. The van der Waals surface area contributed by atoms with Gasteiger partial charge in [0.1, 0.15) is 5.82 Å². The van der Waals surface area contributed by atoms with Gasteiger partial charge in [0.15, 0.2) is 0 Å². The summed E-state index contributed by atoms with van der Waals surface area (Å²) >= 11 is 0. The zero-order chi connectivity index (χ0) is 14.6. The molecule has 108 valence electrons. The molecule has 2 nitrogen and oxygen atoms in total. The van der Waals surface area contributed by atoms with Crippen molar-refractivity contribution in [1.29, 1.82) is 0 Å². The standard InChI is InChI=1S/C13H17F4NO/c1-8(7-19-2)5-12(18)9-3-4-10(11(14)6-9)13(15,16)17/h3-4,6,8,12H,5,7,18H2,1-2H3. The van der Waals surface area contributed by atoms with Crippen LogP contribution in [0.1, 0.15) is 30.5 Å². The first kappa shape index (κ1) is 15.9. The molecule has 0 aliphatic rings. The highest BCUT2D eigenvalue weighted by molar-refractivity contribution is 5.28. The maximum absolute atomic E-state index is 13.4. The van der Waals surface area contributed by atoms with E-state index in [9.17, 15) is 17.6 Å². The summed E-state index contributed by atoms with van der Waals surface area (Å²) in [6.45, 7) is 2.40. The van der Waals surface area contributed by atoms with Crippen molar-refractivity contribution < 1.29 is 22.3 Å². The number of rotatable bonds is 5. The number of nitrogens with two attached hydrogens (primary N) is 1. The summed E-state index contributed by atoms with van der Waals surface area (Å²) in [5.41, 5.74) is 4.94. The summed E-state index contributed by atoms with van der Waals surface area (Å²) in [5, 5.41) is 0. The van der Waals surface area contributed by atoms with Crippen molar-refractivity contribution in [3.05, 3.63) is 35.1 Å². The van der Waals surface area contributed by atoms with E-state index in [-0.39, 0.29) is 5.92 Å². The van der Waals surface area contributed by atoms with E-state index in [1.165, 1.54) is 6.07 Å². The van der Waals surface area contributed by atoms with Gasteiger partial charge in [-0.2, -0.15) is 13.2 Å². The van der Waals surface area contributed by atoms with Crippen molar-refractivity contribution in [3.63, 3.8) is 0 Å². The van der Waals surface area contributed by atoms with Crippen molar-refractivity contribution in [1.82, 2.24) is 0 Å². The number of ether oxygens (including phenoxy) is 1. The van der Waals surface area contributed by atoms with Crippen molar-refractivity contribution in [2.24, 2.45) is 11.7 Å². The first-order valence-corrected chi connectivity index (χ1v) is 5.86. The highest BCUT2D eigenvalue weighted by atomic mass is 19.4. The van der Waals surface area contributed by atoms with E-state index in [0.29, 0.717) is 18.6 Å². The van der Waals surface area contributed by atoms with Crippen LogP contribution in [-0.2, 0) is 10.9 Å². The Morgan fingerprint density at radius 2 is 1.95 bits per heavy atom. The van der Waals surface area contributed by atoms with E-state index >= 15 is 0 Å². The van der Waals surface area contributed by atoms with Crippen LogP contribution in [0.5, 0.6) is 0 Å². The van der Waals surface area contributed by atoms with Crippen molar-refractivity contribution >= 4 is 0 Å². The average molecular weight is 279 g/mol. The fraction of sp³-hybridized carbons (Fsp3) is 0.538. The molecule has 0 heterocycles. The summed E-state index contributed by atoms with van der Waals surface area (Å²) in [4.78, 5) is 0. The molecule has 0 spiro atoms. The van der Waals surface area contributed by atoms with Crippen LogP contribution in [0.4, 0.5) is 17.6 Å². The van der Waals surface area contributed by atoms with Crippen LogP contribution in [0, 0.1) is 11.7 Å². The molecule has 0 aliphatic heterocycles. The molecule has 2 atom stereocenters. The molecule has 0 radical (unpaired) electrons. The maximum atomic E-state index is 13.4. The lowest BCUT2D eigenvalue weighted by Crippen LogP contribution is -2.17. The van der Waals surface area contributed by atoms with Gasteiger partial charge in [0, 0.05) is 19.8 Å². The molecule has 6 heteroatoms. The molecule has 1 aromatic rings. The monoisotopic (exact) mass is 279 g/mol. The number of hydrogen-bond acceptors (Lipinski definition) is 2. The van der Waals surface area contributed by atoms with Gasteiger partial charge in [0.25, 0.3) is 0 Å². The first-order chi connectivity index (χ1) is 8.75. The molecule has 2 unspecified atom stereocenters. The fourth-order valence-corrected chi connectivity index (χ4v) is 1.91. The highest BCUT2D eigenvalue weighted by Gasteiger charge is 2.34. The Labute approximate surface area is 109 Å². The molecular formula is C13H17F4NO. The molecular weight excluding hydrogens is 262 g/mol. The summed E-state index contributed by atoms with van der Waals surface area (Å²) < 4.78 is 55.6. The summed E-state index contributed by atoms with van der Waals surface area (Å²) in [6, 6.07) is 2.29. The van der Waals surface area contributed by atoms with E-state index in [4.69, 9.17) is 10.5 Å². The first-order valence-electron chi connectivity index (χ1n) is 5.86. The lowest BCUT2D eigenvalue weighted by molar-refractivity contribution is -0.140. The SMILES string of the molecule is COCC(C)CC(N)c1ccc(C(F)(F)F)c(F)c1. The van der Waals surface area contributed by atoms with Crippen LogP contribution >= 0.6 is 0 Å². The van der Waals surface area contributed by atoms with Gasteiger partial charge in [0.2, 0.25) is 0 Å². The van der Waals surface area contributed by atoms with Gasteiger partial charge < -0.3 is 10.5 Å². The number of alkyl halides is 3.